The molecule has 9 heteroatoms. The zero-order valence-electron chi connectivity index (χ0n) is 81.1. The summed E-state index contributed by atoms with van der Waals surface area (Å²) < 4.78 is 0. The highest BCUT2D eigenvalue weighted by Gasteiger charge is 2.41. The Labute approximate surface area is 737 Å². The normalized spacial score (nSPS) is 18.7. The van der Waals surface area contributed by atoms with Crippen molar-refractivity contribution in [2.75, 3.05) is 11.6 Å². The molecule has 0 heterocycles. The third-order valence-electron chi connectivity index (χ3n) is 25.8. The van der Waals surface area contributed by atoms with Crippen LogP contribution >= 0.6 is 0 Å². The van der Waals surface area contributed by atoms with Crippen LogP contribution in [0.1, 0.15) is 337 Å². The molecule has 656 valence electrons. The lowest BCUT2D eigenvalue weighted by molar-refractivity contribution is 0.0817. The van der Waals surface area contributed by atoms with E-state index in [9.17, 15) is 30.4 Å². The average Bonchev–Trinajstić information content (AvgIpc) is 0.787. The molecule has 0 fully saturated rings. The predicted octanol–water partition coefficient (Wildman–Crippen LogP) is 29.9. The molecule has 6 aromatic carbocycles. The number of benzene rings is 6. The fourth-order valence-corrected chi connectivity index (χ4v) is 18.7. The van der Waals surface area contributed by atoms with Crippen molar-refractivity contribution >= 4 is 22.6 Å². The first-order valence-electron chi connectivity index (χ1n) is 45.1. The summed E-state index contributed by atoms with van der Waals surface area (Å²) in [5.41, 5.74) is 24.0. The molecule has 122 heavy (non-hydrogen) atoms. The van der Waals surface area contributed by atoms with Crippen LogP contribution in [-0.4, -0.2) is 49.2 Å². The molecule has 0 spiro atoms. The van der Waals surface area contributed by atoms with Crippen molar-refractivity contribution in [3.63, 3.8) is 0 Å². The Balaban J connectivity index is 1.26. The maximum absolute atomic E-state index is 13.1. The molecule has 9 nitrogen and oxygen atoms in total. The standard InChI is InChI=1S/C113H153N3O6/c1-68(2)84-55-74(59-88(99(84)117)106(11,12)13)47-70-35-41-82(42-36-70)116(97-46-39-72(49-76-57-86(104(5,6)7)98(114-122)87(58-76)105(8,9)10)52-81(97)54-79-65-94(112(29,30)31)103(121)95(66-79)113(32,33)34)67-115(83-43-37-71(38-44-83)48-75-60-90(108(17,18)19)101(119)91(61-75)109(20,21)22)96-45-40-73(50-77-62-92(110(23,24)25)102(120)93(63-77)111(26,27)28)51-80(96)53-78-56-85(69(3)4)100(118)89(64-78)107(14,15)16/h35-39,41-43,45-46,51-52,55-63,65-66,73,83,89-90,101,117-121H,1,3,40,44,47-50,53-54,64,67H2,2,4-34H3. The van der Waals surface area contributed by atoms with Gasteiger partial charge in [-0.15, -0.1) is 4.91 Å². The molecule has 6 aromatic rings. The lowest BCUT2D eigenvalue weighted by Crippen LogP contribution is -2.42. The van der Waals surface area contributed by atoms with E-state index in [4.69, 9.17) is 0 Å². The molecule has 4 aliphatic rings. The number of aliphatic hydroxyl groups excluding tert-OH is 2. The van der Waals surface area contributed by atoms with E-state index in [0.29, 0.717) is 68.1 Å². The molecular weight excluding hydrogens is 1500 g/mol. The molecule has 10 rings (SSSR count). The highest BCUT2D eigenvalue weighted by Crippen LogP contribution is 2.51. The maximum atomic E-state index is 13.1. The van der Waals surface area contributed by atoms with Crippen LogP contribution in [0.2, 0.25) is 0 Å². The first-order valence-corrected chi connectivity index (χ1v) is 45.1. The van der Waals surface area contributed by atoms with Crippen molar-refractivity contribution < 1.29 is 25.5 Å². The van der Waals surface area contributed by atoms with Crippen molar-refractivity contribution in [3.05, 3.63) is 292 Å². The second kappa shape index (κ2) is 34.9. The van der Waals surface area contributed by atoms with Gasteiger partial charge in [-0.25, -0.2) is 0 Å². The fraction of sp³-hybridized carbons (Fsp3) is 0.504. The Bertz CT molecular complexity index is 5140. The van der Waals surface area contributed by atoms with E-state index >= 15 is 0 Å². The second-order valence-corrected chi connectivity index (χ2v) is 47.2. The summed E-state index contributed by atoms with van der Waals surface area (Å²) in [5, 5.41) is 64.7. The zero-order valence-corrected chi connectivity index (χ0v) is 81.1. The van der Waals surface area contributed by atoms with Crippen LogP contribution in [0, 0.1) is 38.9 Å². The zero-order chi connectivity index (χ0) is 91.0. The highest BCUT2D eigenvalue weighted by molar-refractivity contribution is 5.72. The Morgan fingerprint density at radius 1 is 0.467 bits per heavy atom. The minimum Gasteiger partial charge on any atom is -0.511 e. The first kappa shape index (κ1) is 95.3. The highest BCUT2D eigenvalue weighted by atomic mass is 16.3. The Morgan fingerprint density at radius 2 is 0.943 bits per heavy atom. The van der Waals surface area contributed by atoms with Crippen LogP contribution in [0.5, 0.6) is 17.2 Å². The fourth-order valence-electron chi connectivity index (χ4n) is 18.7. The Kier molecular flexibility index (Phi) is 27.3. The molecule has 4 aliphatic carbocycles. The van der Waals surface area contributed by atoms with Crippen LogP contribution < -0.4 is 4.90 Å². The maximum Gasteiger partial charge on any atom is 0.126 e. The molecule has 5 unspecified atom stereocenters. The van der Waals surface area contributed by atoms with Gasteiger partial charge in [0.1, 0.15) is 28.7 Å². The quantitative estimate of drug-likeness (QED) is 0.0355. The van der Waals surface area contributed by atoms with Crippen LogP contribution in [0.4, 0.5) is 17.1 Å². The number of aromatic hydroxyl groups is 3. The monoisotopic (exact) mass is 1650 g/mol. The van der Waals surface area contributed by atoms with Crippen LogP contribution in [-0.2, 0) is 63.6 Å². The number of hydrogen-bond acceptors (Lipinski definition) is 9. The number of hydrogen-bond donors (Lipinski definition) is 5. The minimum absolute atomic E-state index is 0.0628. The number of allylic oxidation sites excluding steroid dienone is 13. The van der Waals surface area contributed by atoms with E-state index < -0.39 is 16.9 Å². The Hall–Kier alpha value is -8.92. The summed E-state index contributed by atoms with van der Waals surface area (Å²) in [5.74, 6) is 1.27. The van der Waals surface area contributed by atoms with Crippen molar-refractivity contribution in [1.29, 1.82) is 0 Å². The second-order valence-electron chi connectivity index (χ2n) is 47.2. The van der Waals surface area contributed by atoms with Crippen molar-refractivity contribution in [2.24, 2.45) is 39.2 Å². The van der Waals surface area contributed by atoms with Gasteiger partial charge in [-0.2, -0.15) is 0 Å². The number of anilines is 2. The largest absolute Gasteiger partial charge is 0.511 e. The summed E-state index contributed by atoms with van der Waals surface area (Å²) in [7, 11) is 0. The van der Waals surface area contributed by atoms with E-state index in [1.54, 1.807) is 0 Å². The van der Waals surface area contributed by atoms with Gasteiger partial charge >= 0.3 is 0 Å². The minimum atomic E-state index is -0.587. The van der Waals surface area contributed by atoms with Crippen LogP contribution in [0.25, 0.3) is 5.57 Å². The van der Waals surface area contributed by atoms with Gasteiger partial charge in [0, 0.05) is 45.6 Å². The van der Waals surface area contributed by atoms with Gasteiger partial charge in [0.05, 0.1) is 18.8 Å². The molecule has 0 bridgehead atoms. The Morgan fingerprint density at radius 3 is 1.40 bits per heavy atom. The number of rotatable bonds is 21. The number of nitroso groups, excluding NO2 is 1. The third-order valence-corrected chi connectivity index (χ3v) is 25.8. The topological polar surface area (TPSA) is 137 Å². The lowest BCUT2D eigenvalue weighted by Gasteiger charge is -2.43. The van der Waals surface area contributed by atoms with Gasteiger partial charge in [-0.05, 0) is 267 Å². The predicted molar refractivity (Wildman–Crippen MR) is 519 cm³/mol. The van der Waals surface area contributed by atoms with Gasteiger partial charge in [0.2, 0.25) is 0 Å². The summed E-state index contributed by atoms with van der Waals surface area (Å²) in [6.07, 6.45) is 24.7. The van der Waals surface area contributed by atoms with E-state index in [1.165, 1.54) is 27.9 Å². The number of phenols is 3. The molecule has 0 aromatic heterocycles. The molecule has 0 radical (unpaired) electrons. The van der Waals surface area contributed by atoms with Gasteiger partial charge < -0.3 is 35.3 Å². The van der Waals surface area contributed by atoms with E-state index in [1.807, 2.05) is 13.8 Å². The molecule has 0 amide bonds. The molecule has 0 saturated heterocycles. The molecule has 5 N–H and O–H groups in total. The molecule has 5 atom stereocenters. The number of phenolic OH excluding ortho intramolecular Hbond substituents is 3. The average molecular weight is 1650 g/mol. The smallest absolute Gasteiger partial charge is 0.126 e. The molecular formula is C113H153N3O6. The number of aliphatic hydroxyl groups is 2. The van der Waals surface area contributed by atoms with Gasteiger partial charge in [0.15, 0.2) is 0 Å². The van der Waals surface area contributed by atoms with Crippen molar-refractivity contribution in [3.8, 4) is 17.2 Å². The number of nitrogens with zero attached hydrogens (tertiary/aromatic N) is 3. The summed E-state index contributed by atoms with van der Waals surface area (Å²) in [6, 6.07) is 33.8. The van der Waals surface area contributed by atoms with E-state index in [2.05, 4.69) is 375 Å². The summed E-state index contributed by atoms with van der Waals surface area (Å²) >= 11 is 0. The summed E-state index contributed by atoms with van der Waals surface area (Å²) in [6.45, 7) is 79.0. The molecule has 0 saturated carbocycles. The summed E-state index contributed by atoms with van der Waals surface area (Å²) in [4.78, 5) is 18.4. The van der Waals surface area contributed by atoms with Gasteiger partial charge in [-0.3, -0.25) is 0 Å². The van der Waals surface area contributed by atoms with E-state index in [0.717, 1.165) is 137 Å². The van der Waals surface area contributed by atoms with Crippen molar-refractivity contribution in [1.82, 2.24) is 4.90 Å². The van der Waals surface area contributed by atoms with E-state index in [-0.39, 0.29) is 72.9 Å². The first-order chi connectivity index (χ1) is 55.9. The van der Waals surface area contributed by atoms with Crippen molar-refractivity contribution in [2.45, 2.75) is 329 Å². The molecule has 0 aliphatic heterocycles. The third kappa shape index (κ3) is 22.0. The lowest BCUT2D eigenvalue weighted by atomic mass is 9.67. The van der Waals surface area contributed by atoms with Gasteiger partial charge in [0.25, 0.3) is 0 Å². The van der Waals surface area contributed by atoms with Gasteiger partial charge in [-0.1, -0.05) is 342 Å². The SMILES string of the molecule is C=C(C)C1=C(O)C(C(C)(C)C)CC(CC2=CC(Cc3cc(C(C)(C)C)c(O)c(C(C)(C)C)c3)CC=C2N(CN(c2ccc(Cc3cc(C(=C)C)c(O)c(C(C)(C)C)c3)cc2)c2ccc(Cc3cc(C(C)(C)C)c(N=O)c(C(C)(C)C)c3)cc2Cc2cc(C(C)(C)C)c(O)c(C(C)(C)C)c2)C2C=CC(CC3=CC(C(C)(C)C)C(O)C(C(C)(C)C)=C3)=CC2)=C1. The van der Waals surface area contributed by atoms with Crippen LogP contribution in [0.3, 0.4) is 0 Å². The van der Waals surface area contributed by atoms with Crippen LogP contribution in [0.15, 0.2) is 208 Å².